The van der Waals surface area contributed by atoms with Gasteiger partial charge in [-0.3, -0.25) is 4.79 Å². The maximum absolute atomic E-state index is 14.1. The summed E-state index contributed by atoms with van der Waals surface area (Å²) in [5.41, 5.74) is 6.04. The van der Waals surface area contributed by atoms with Crippen LogP contribution in [0, 0.1) is 19.7 Å². The van der Waals surface area contributed by atoms with Gasteiger partial charge in [-0.25, -0.2) is 14.4 Å². The number of halogens is 1. The molecule has 2 heterocycles. The predicted molar refractivity (Wildman–Crippen MR) is 129 cm³/mol. The van der Waals surface area contributed by atoms with Crippen LogP contribution in [0.2, 0.25) is 0 Å². The molecule has 0 aliphatic carbocycles. The molecule has 6 heteroatoms. The van der Waals surface area contributed by atoms with Gasteiger partial charge in [0.15, 0.2) is 5.82 Å². The van der Waals surface area contributed by atoms with Crippen LogP contribution in [-0.2, 0) is 0 Å². The van der Waals surface area contributed by atoms with Gasteiger partial charge in [-0.1, -0.05) is 42.5 Å². The third-order valence-electron chi connectivity index (χ3n) is 6.28. The Hall–Kier alpha value is -3.80. The number of fused-ring (bicyclic) bond motifs is 1. The monoisotopic (exact) mass is 440 g/mol. The molecule has 5 rings (SSSR count). The number of benzene rings is 3. The van der Waals surface area contributed by atoms with E-state index in [9.17, 15) is 9.18 Å². The third-order valence-corrected chi connectivity index (χ3v) is 6.28. The molecule has 5 nitrogen and oxygen atoms in total. The van der Waals surface area contributed by atoms with E-state index in [0.717, 1.165) is 28.1 Å². The highest BCUT2D eigenvalue weighted by molar-refractivity contribution is 5.94. The highest BCUT2D eigenvalue weighted by Gasteiger charge is 2.26. The molecule has 1 aromatic heterocycles. The first-order chi connectivity index (χ1) is 16.0. The van der Waals surface area contributed by atoms with Gasteiger partial charge < -0.3 is 9.80 Å². The first kappa shape index (κ1) is 21.1. The number of rotatable bonds is 3. The fourth-order valence-corrected chi connectivity index (χ4v) is 4.24. The van der Waals surface area contributed by atoms with Crippen molar-refractivity contribution in [1.82, 2.24) is 14.9 Å². The summed E-state index contributed by atoms with van der Waals surface area (Å²) in [6, 6.07) is 20.4. The van der Waals surface area contributed by atoms with Gasteiger partial charge in [-0.15, -0.1) is 0 Å². The van der Waals surface area contributed by atoms with E-state index in [1.54, 1.807) is 17.0 Å². The first-order valence-corrected chi connectivity index (χ1v) is 11.1. The number of carbonyl (C=O) groups excluding carboxylic acids is 1. The van der Waals surface area contributed by atoms with Gasteiger partial charge in [0.2, 0.25) is 0 Å². The van der Waals surface area contributed by atoms with Crippen LogP contribution in [0.15, 0.2) is 66.7 Å². The number of amides is 1. The minimum Gasteiger partial charge on any atom is -0.351 e. The Bertz CT molecular complexity index is 1330. The molecule has 0 N–H and O–H groups in total. The predicted octanol–water partition coefficient (Wildman–Crippen LogP) is 5.02. The number of hydrogen-bond donors (Lipinski definition) is 0. The summed E-state index contributed by atoms with van der Waals surface area (Å²) in [7, 11) is 0. The second kappa shape index (κ2) is 8.62. The molecule has 0 bridgehead atoms. The molecule has 33 heavy (non-hydrogen) atoms. The normalized spacial score (nSPS) is 14.0. The zero-order chi connectivity index (χ0) is 22.9. The van der Waals surface area contributed by atoms with Crippen LogP contribution in [0.25, 0.3) is 22.3 Å². The molecule has 1 fully saturated rings. The van der Waals surface area contributed by atoms with Crippen molar-refractivity contribution in [2.45, 2.75) is 13.8 Å². The summed E-state index contributed by atoms with van der Waals surface area (Å²) in [5.74, 6) is 0.0593. The van der Waals surface area contributed by atoms with Crippen molar-refractivity contribution in [1.29, 1.82) is 0 Å². The van der Waals surface area contributed by atoms with E-state index in [1.165, 1.54) is 23.3 Å². The maximum atomic E-state index is 14.1. The number of anilines is 1. The Kier molecular flexibility index (Phi) is 5.50. The van der Waals surface area contributed by atoms with Crippen LogP contribution >= 0.6 is 0 Å². The summed E-state index contributed by atoms with van der Waals surface area (Å²) in [6.45, 7) is 6.35. The summed E-state index contributed by atoms with van der Waals surface area (Å²) in [5, 5.41) is 0. The average molecular weight is 441 g/mol. The van der Waals surface area contributed by atoms with Crippen molar-refractivity contribution < 1.29 is 9.18 Å². The lowest BCUT2D eigenvalue weighted by atomic mass is 10.1. The molecule has 1 aliphatic rings. The minimum absolute atomic E-state index is 0.118. The van der Waals surface area contributed by atoms with Crippen LogP contribution < -0.4 is 4.90 Å². The molecule has 0 radical (unpaired) electrons. The van der Waals surface area contributed by atoms with E-state index in [0.29, 0.717) is 26.2 Å². The Morgan fingerprint density at radius 2 is 1.42 bits per heavy atom. The molecule has 0 saturated carbocycles. The zero-order valence-electron chi connectivity index (χ0n) is 18.8. The van der Waals surface area contributed by atoms with Gasteiger partial charge in [0, 0.05) is 31.7 Å². The summed E-state index contributed by atoms with van der Waals surface area (Å²) >= 11 is 0. The molecule has 3 aromatic carbocycles. The lowest BCUT2D eigenvalue weighted by Gasteiger charge is -2.36. The molecule has 0 atom stereocenters. The summed E-state index contributed by atoms with van der Waals surface area (Å²) in [4.78, 5) is 26.7. The Labute approximate surface area is 192 Å². The second-order valence-corrected chi connectivity index (χ2v) is 8.45. The zero-order valence-corrected chi connectivity index (χ0v) is 18.8. The molecule has 1 amide bonds. The quantitative estimate of drug-likeness (QED) is 0.449. The minimum atomic E-state index is -0.484. The standard InChI is InChI=1S/C27H25FN4O/c1-18-16-23-24(17-19(18)2)30-26(25(29-23)20-8-4-3-5-9-20)31-12-14-32(15-13-31)27(33)21-10-6-7-11-22(21)28/h3-11,16-17H,12-15H2,1-2H3. The number of nitrogens with zero attached hydrogens (tertiary/aromatic N) is 4. The Balaban J connectivity index is 1.47. The fraction of sp³-hybridized carbons (Fsp3) is 0.222. The Morgan fingerprint density at radius 3 is 2.09 bits per heavy atom. The molecular weight excluding hydrogens is 415 g/mol. The van der Waals surface area contributed by atoms with E-state index in [2.05, 4.69) is 30.9 Å². The van der Waals surface area contributed by atoms with E-state index >= 15 is 0 Å². The molecule has 0 unspecified atom stereocenters. The van der Waals surface area contributed by atoms with E-state index in [1.807, 2.05) is 30.3 Å². The van der Waals surface area contributed by atoms with E-state index < -0.39 is 5.82 Å². The van der Waals surface area contributed by atoms with Crippen LogP contribution in [0.1, 0.15) is 21.5 Å². The van der Waals surface area contributed by atoms with Gasteiger partial charge in [0.25, 0.3) is 5.91 Å². The lowest BCUT2D eigenvalue weighted by Crippen LogP contribution is -2.49. The van der Waals surface area contributed by atoms with E-state index in [-0.39, 0.29) is 11.5 Å². The van der Waals surface area contributed by atoms with Gasteiger partial charge in [-0.2, -0.15) is 0 Å². The topological polar surface area (TPSA) is 49.3 Å². The molecule has 0 spiro atoms. The van der Waals surface area contributed by atoms with Crippen molar-refractivity contribution in [3.05, 3.63) is 89.2 Å². The SMILES string of the molecule is Cc1cc2nc(-c3ccccc3)c(N3CCN(C(=O)c4ccccc4F)CC3)nc2cc1C. The van der Waals surface area contributed by atoms with Crippen molar-refractivity contribution in [3.8, 4) is 11.3 Å². The summed E-state index contributed by atoms with van der Waals surface area (Å²) in [6.07, 6.45) is 0. The van der Waals surface area contributed by atoms with Crippen molar-refractivity contribution in [2.24, 2.45) is 0 Å². The summed E-state index contributed by atoms with van der Waals surface area (Å²) < 4.78 is 14.1. The molecular formula is C27H25FN4O. The van der Waals surface area contributed by atoms with Crippen LogP contribution in [0.5, 0.6) is 0 Å². The van der Waals surface area contributed by atoms with Crippen LogP contribution in [0.3, 0.4) is 0 Å². The number of hydrogen-bond acceptors (Lipinski definition) is 4. The third kappa shape index (κ3) is 4.04. The largest absolute Gasteiger partial charge is 0.351 e. The van der Waals surface area contributed by atoms with Crippen LogP contribution in [0.4, 0.5) is 10.2 Å². The van der Waals surface area contributed by atoms with Gasteiger partial charge in [0.1, 0.15) is 11.5 Å². The van der Waals surface area contributed by atoms with E-state index in [4.69, 9.17) is 9.97 Å². The van der Waals surface area contributed by atoms with Gasteiger partial charge >= 0.3 is 0 Å². The maximum Gasteiger partial charge on any atom is 0.256 e. The number of carbonyl (C=O) groups is 1. The highest BCUT2D eigenvalue weighted by atomic mass is 19.1. The molecule has 1 aliphatic heterocycles. The smallest absolute Gasteiger partial charge is 0.256 e. The lowest BCUT2D eigenvalue weighted by molar-refractivity contribution is 0.0742. The highest BCUT2D eigenvalue weighted by Crippen LogP contribution is 2.31. The fourth-order valence-electron chi connectivity index (χ4n) is 4.24. The van der Waals surface area contributed by atoms with Crippen LogP contribution in [-0.4, -0.2) is 47.0 Å². The van der Waals surface area contributed by atoms with Crippen molar-refractivity contribution in [2.75, 3.05) is 31.1 Å². The average Bonchev–Trinajstić information content (AvgIpc) is 2.85. The van der Waals surface area contributed by atoms with Gasteiger partial charge in [-0.05, 0) is 49.2 Å². The van der Waals surface area contributed by atoms with Crippen molar-refractivity contribution >= 4 is 22.8 Å². The van der Waals surface area contributed by atoms with Gasteiger partial charge in [0.05, 0.1) is 16.6 Å². The molecule has 4 aromatic rings. The first-order valence-electron chi connectivity index (χ1n) is 11.1. The second-order valence-electron chi connectivity index (χ2n) is 8.45. The number of aromatic nitrogens is 2. The Morgan fingerprint density at radius 1 is 0.818 bits per heavy atom. The number of piperazine rings is 1. The molecule has 166 valence electrons. The number of aryl methyl sites for hydroxylation is 2. The van der Waals surface area contributed by atoms with Crippen molar-refractivity contribution in [3.63, 3.8) is 0 Å². The molecule has 1 saturated heterocycles.